The van der Waals surface area contributed by atoms with Gasteiger partial charge in [0.25, 0.3) is 17.5 Å². The fraction of sp³-hybridized carbons (Fsp3) is 0.333. The van der Waals surface area contributed by atoms with Gasteiger partial charge in [0.2, 0.25) is 5.91 Å². The summed E-state index contributed by atoms with van der Waals surface area (Å²) >= 11 is 5.84. The number of imide groups is 1. The topological polar surface area (TPSA) is 252 Å². The highest BCUT2D eigenvalue weighted by Gasteiger charge is 2.41. The number of nitro groups is 1. The SMILES string of the molecule is CC(C)C(N)c1ccc(F)cc1.CC(C)C(O)c1ccc(F)cc1.CC(C)C(O)c1ccc(F)cc1.CC(C)C(OC(=O)c1ccc([N+](=O)[O-])cc1)c1ccc(F)cc1.CC(C)[C@@H](c1ccc(F)cc1)N1C(=O)c2ccccc2C1=O.CC(C)[C@H](Nc1nc(Cl)c(C#N)cc1F)c1ccc(F)cc1.CON(C)C(=O)C(C)C. The number of nitrogens with two attached hydrogens (primary N) is 1. The van der Waals surface area contributed by atoms with Gasteiger partial charge in [0, 0.05) is 31.1 Å². The van der Waals surface area contributed by atoms with Gasteiger partial charge in [-0.15, -0.1) is 0 Å². The Balaban J connectivity index is 0.000000283. The van der Waals surface area contributed by atoms with Crippen LogP contribution in [0.4, 0.5) is 42.2 Å². The maximum absolute atomic E-state index is 14.0. The van der Waals surface area contributed by atoms with Gasteiger partial charge < -0.3 is 26.0 Å². The standard InChI is InChI=1S/C18H16FNO2.C17H16FNO4.C16H14ClF2N3.C10H14FN.2C10H13FO.C6H13NO2/c1-11(2)16(12-7-9-13(19)10-8-12)20-17(21)14-5-3-4-6-15(14)18(20)22;1-11(2)16(12-3-7-14(18)8-4-12)23-17(20)13-5-9-15(10-6-13)19(21)22;1-9(2)14(10-3-5-12(18)6-4-10)21-16-13(19)7-11(8-20)15(17)22-16;3*1-7(2)10(12)8-3-5-9(11)6-4-8;1-5(2)6(8)7(3)9-4/h3-11,16H,1-2H3;3-11,16H,1-2H3;3-7,9,14H,1-2H3,(H,21,22);3-7,10H,12H2,1-2H3;2*3-7,10,12H,1-2H3;5H,1-4H3/t16-;;14-;;;;/m0.0..../s1. The van der Waals surface area contributed by atoms with Crippen LogP contribution in [0.1, 0.15) is 203 Å². The number of anilines is 1. The summed E-state index contributed by atoms with van der Waals surface area (Å²) in [6.45, 7) is 27.0. The number of pyridine rings is 1. The van der Waals surface area contributed by atoms with E-state index in [0.717, 1.165) is 33.9 Å². The largest absolute Gasteiger partial charge is 0.454 e. The number of rotatable bonds is 20. The third kappa shape index (κ3) is 28.9. The second-order valence-corrected chi connectivity index (χ2v) is 28.7. The number of fused-ring (bicyclic) bond motifs is 1. The molecule has 0 aliphatic carbocycles. The molecule has 1 aliphatic rings. The maximum Gasteiger partial charge on any atom is 0.338 e. The number of carbonyl (C=O) groups is 4. The smallest absolute Gasteiger partial charge is 0.338 e. The summed E-state index contributed by atoms with van der Waals surface area (Å²) in [5.74, 6) is -2.82. The number of amides is 3. The minimum atomic E-state index is -0.659. The van der Waals surface area contributed by atoms with Gasteiger partial charge in [-0.05, 0) is 172 Å². The summed E-state index contributed by atoms with van der Waals surface area (Å²) < 4.78 is 96.2. The lowest BCUT2D eigenvalue weighted by molar-refractivity contribution is -0.384. The lowest BCUT2D eigenvalue weighted by atomic mass is 9.94. The predicted molar refractivity (Wildman–Crippen MR) is 420 cm³/mol. The van der Waals surface area contributed by atoms with Crippen LogP contribution in [0.5, 0.6) is 0 Å². The van der Waals surface area contributed by atoms with Crippen LogP contribution in [0.2, 0.25) is 5.15 Å². The average molecular weight is 1570 g/mol. The van der Waals surface area contributed by atoms with E-state index in [9.17, 15) is 70.2 Å². The van der Waals surface area contributed by atoms with Gasteiger partial charge in [-0.1, -0.05) is 193 Å². The predicted octanol–water partition coefficient (Wildman–Crippen LogP) is 21.0. The zero-order chi connectivity index (χ0) is 84.0. The van der Waals surface area contributed by atoms with Gasteiger partial charge in [0.15, 0.2) is 11.6 Å². The summed E-state index contributed by atoms with van der Waals surface area (Å²) in [6.07, 6.45) is -1.52. The molecule has 0 saturated heterocycles. The van der Waals surface area contributed by atoms with E-state index >= 15 is 0 Å². The van der Waals surface area contributed by atoms with Gasteiger partial charge in [0.05, 0.1) is 58.6 Å². The van der Waals surface area contributed by atoms with Crippen molar-refractivity contribution in [3.63, 3.8) is 0 Å². The van der Waals surface area contributed by atoms with Crippen LogP contribution in [-0.2, 0) is 14.4 Å². The summed E-state index contributed by atoms with van der Waals surface area (Å²) in [4.78, 5) is 68.3. The number of hydroxylamine groups is 2. The quantitative estimate of drug-likeness (QED) is 0.0138. The van der Waals surface area contributed by atoms with Crippen LogP contribution >= 0.6 is 11.6 Å². The number of non-ortho nitro benzene ring substituents is 1. The minimum Gasteiger partial charge on any atom is -0.454 e. The van der Waals surface area contributed by atoms with E-state index in [1.54, 1.807) is 110 Å². The van der Waals surface area contributed by atoms with E-state index in [-0.39, 0.29) is 128 Å². The number of nitro benzene ring substituents is 1. The Morgan fingerprint density at radius 3 is 1.24 bits per heavy atom. The fourth-order valence-corrected chi connectivity index (χ4v) is 11.0. The molecule has 1 aromatic heterocycles. The Bertz CT molecular complexity index is 4310. The van der Waals surface area contributed by atoms with Gasteiger partial charge in [0.1, 0.15) is 52.2 Å². The number of halogens is 8. The van der Waals surface area contributed by atoms with E-state index in [4.69, 9.17) is 27.3 Å². The van der Waals surface area contributed by atoms with E-state index < -0.39 is 41.1 Å². The number of aliphatic hydroxyl groups excluding tert-OH is 2. The number of esters is 1. The Kier molecular flexibility index (Phi) is 38.1. The van der Waals surface area contributed by atoms with E-state index in [2.05, 4.69) is 15.1 Å². The van der Waals surface area contributed by atoms with Crippen molar-refractivity contribution < 1.29 is 74.6 Å². The molecule has 25 heteroatoms. The maximum atomic E-state index is 14.0. The number of hydrogen-bond acceptors (Lipinski definition) is 14. The number of ether oxygens (including phenoxy) is 1. The van der Waals surface area contributed by atoms with Gasteiger partial charge in [-0.25, -0.2) is 45.6 Å². The third-order valence-electron chi connectivity index (χ3n) is 17.3. The molecule has 5 N–H and O–H groups in total. The third-order valence-corrected chi connectivity index (χ3v) is 17.6. The van der Waals surface area contributed by atoms with Crippen LogP contribution in [0.25, 0.3) is 0 Å². The number of aliphatic hydroxyl groups is 2. The molecule has 17 nitrogen and oxygen atoms in total. The molecule has 10 rings (SSSR count). The van der Waals surface area contributed by atoms with Crippen molar-refractivity contribution in [3.05, 3.63) is 312 Å². The van der Waals surface area contributed by atoms with Crippen molar-refractivity contribution in [1.82, 2.24) is 14.9 Å². The first-order valence-corrected chi connectivity index (χ1v) is 36.5. The van der Waals surface area contributed by atoms with Crippen LogP contribution in [-0.4, -0.2) is 67.9 Å². The Morgan fingerprint density at radius 2 is 0.920 bits per heavy atom. The number of nitrogens with zero attached hydrogens (tertiary/aromatic N) is 5. The minimum absolute atomic E-state index is 0.00231. The van der Waals surface area contributed by atoms with Crippen LogP contribution in [0, 0.1) is 104 Å². The molecule has 0 bridgehead atoms. The zero-order valence-corrected chi connectivity index (χ0v) is 66.3. The second-order valence-electron chi connectivity index (χ2n) is 28.4. The molecule has 112 heavy (non-hydrogen) atoms. The molecule has 9 aromatic rings. The summed E-state index contributed by atoms with van der Waals surface area (Å²) in [5, 5.41) is 42.7. The first kappa shape index (κ1) is 93.7. The first-order chi connectivity index (χ1) is 52.7. The molecule has 598 valence electrons. The van der Waals surface area contributed by atoms with Crippen molar-refractivity contribution in [2.45, 2.75) is 133 Å². The number of nitrogens with one attached hydrogen (secondary N) is 1. The Labute approximate surface area is 656 Å². The molecule has 0 radical (unpaired) electrons. The molecule has 6 atom stereocenters. The molecule has 0 spiro atoms. The molecular weight excluding hydrogens is 1470 g/mol. The van der Waals surface area contributed by atoms with Gasteiger partial charge in [-0.2, -0.15) is 5.26 Å². The van der Waals surface area contributed by atoms with E-state index in [1.807, 2.05) is 96.9 Å². The van der Waals surface area contributed by atoms with Crippen LogP contribution in [0.15, 0.2) is 200 Å². The zero-order valence-electron chi connectivity index (χ0n) is 65.6. The summed E-state index contributed by atoms with van der Waals surface area (Å²) in [5.41, 5.74) is 11.6. The molecule has 3 amide bonds. The highest BCUT2D eigenvalue weighted by Crippen LogP contribution is 2.37. The van der Waals surface area contributed by atoms with Crippen molar-refractivity contribution in [1.29, 1.82) is 5.26 Å². The van der Waals surface area contributed by atoms with Crippen molar-refractivity contribution in [2.75, 3.05) is 19.5 Å². The Morgan fingerprint density at radius 1 is 0.545 bits per heavy atom. The van der Waals surface area contributed by atoms with E-state index in [0.29, 0.717) is 22.6 Å². The average Bonchev–Trinajstić information content (AvgIpc) is 1.61. The lowest BCUT2D eigenvalue weighted by Gasteiger charge is -2.30. The first-order valence-electron chi connectivity index (χ1n) is 36.1. The molecule has 8 aromatic carbocycles. The van der Waals surface area contributed by atoms with Crippen molar-refractivity contribution in [2.24, 2.45) is 47.2 Å². The van der Waals surface area contributed by atoms with Gasteiger partial charge in [-0.3, -0.25) is 34.2 Å². The molecule has 2 heterocycles. The van der Waals surface area contributed by atoms with E-state index in [1.165, 1.54) is 114 Å². The second kappa shape index (κ2) is 45.6. The fourth-order valence-electron chi connectivity index (χ4n) is 10.8. The number of aromatic nitrogens is 1. The monoisotopic (exact) mass is 1570 g/mol. The molecule has 1 aliphatic heterocycles. The highest BCUT2D eigenvalue weighted by atomic mass is 35.5. The number of benzene rings is 8. The van der Waals surface area contributed by atoms with Crippen molar-refractivity contribution in [3.8, 4) is 6.07 Å². The van der Waals surface area contributed by atoms with Gasteiger partial charge >= 0.3 is 5.97 Å². The van der Waals surface area contributed by atoms with Crippen LogP contribution in [0.3, 0.4) is 0 Å². The number of nitriles is 1. The van der Waals surface area contributed by atoms with Crippen molar-refractivity contribution >= 4 is 46.8 Å². The molecule has 4 unspecified atom stereocenters. The summed E-state index contributed by atoms with van der Waals surface area (Å²) in [7, 11) is 3.07. The molecular formula is C87H99ClF7N7O10. The number of carbonyl (C=O) groups excluding carboxylic acids is 4. The summed E-state index contributed by atoms with van der Waals surface area (Å²) in [6, 6.07) is 50.1. The molecule has 0 saturated carbocycles. The lowest BCUT2D eigenvalue weighted by Crippen LogP contribution is -2.36. The number of hydrogen-bond donors (Lipinski definition) is 4. The Hall–Kier alpha value is -10.7. The highest BCUT2D eigenvalue weighted by molar-refractivity contribution is 6.30. The van der Waals surface area contributed by atoms with Crippen LogP contribution < -0.4 is 11.1 Å². The molecule has 0 fully saturated rings. The normalized spacial score (nSPS) is 13.0.